The second-order valence-corrected chi connectivity index (χ2v) is 11.4. The van der Waals surface area contributed by atoms with Crippen molar-refractivity contribution in [3.8, 4) is 0 Å². The van der Waals surface area contributed by atoms with Gasteiger partial charge in [0.25, 0.3) is 17.7 Å². The summed E-state index contributed by atoms with van der Waals surface area (Å²) in [6, 6.07) is 16.0. The van der Waals surface area contributed by atoms with Gasteiger partial charge in [0.05, 0.1) is 29.9 Å². The highest BCUT2D eigenvalue weighted by atomic mass is 32.1. The number of hydrogen-bond acceptors (Lipinski definition) is 9. The fraction of sp³-hybridized carbons (Fsp3) is 0.250. The molecule has 2 aliphatic heterocycles. The third kappa shape index (κ3) is 6.85. The topological polar surface area (TPSA) is 125 Å². The van der Waals surface area contributed by atoms with Gasteiger partial charge in [0, 0.05) is 36.4 Å². The van der Waals surface area contributed by atoms with Crippen molar-refractivity contribution in [2.45, 2.75) is 18.8 Å². The second kappa shape index (κ2) is 13.3. The van der Waals surface area contributed by atoms with Crippen LogP contribution in [0.15, 0.2) is 78.2 Å². The molecule has 3 aromatic carbocycles. The number of benzene rings is 3. The van der Waals surface area contributed by atoms with Crippen molar-refractivity contribution in [3.63, 3.8) is 0 Å². The third-order valence-electron chi connectivity index (χ3n) is 7.85. The molecule has 0 unspecified atom stereocenters. The number of amides is 4. The Morgan fingerprint density at radius 1 is 0.936 bits per heavy atom. The van der Waals surface area contributed by atoms with E-state index in [1.165, 1.54) is 29.6 Å². The van der Waals surface area contributed by atoms with Crippen molar-refractivity contribution in [1.29, 1.82) is 0 Å². The Morgan fingerprint density at radius 3 is 2.15 bits per heavy atom. The monoisotopic (exact) mass is 664 g/mol. The summed E-state index contributed by atoms with van der Waals surface area (Å²) >= 11 is 0.936. The predicted octanol–water partition coefficient (Wildman–Crippen LogP) is 4.40. The lowest BCUT2D eigenvalue weighted by Crippen LogP contribution is -2.47. The van der Waals surface area contributed by atoms with E-state index in [2.05, 4.69) is 19.8 Å². The Bertz CT molecular complexity index is 1740. The summed E-state index contributed by atoms with van der Waals surface area (Å²) in [4.78, 5) is 58.2. The molecule has 1 aromatic heterocycles. The van der Waals surface area contributed by atoms with E-state index in [0.29, 0.717) is 18.9 Å². The smallest absolute Gasteiger partial charge is 0.378 e. The molecule has 15 heteroatoms. The van der Waals surface area contributed by atoms with Crippen molar-refractivity contribution in [1.82, 2.24) is 19.4 Å². The summed E-state index contributed by atoms with van der Waals surface area (Å²) < 4.78 is 49.1. The van der Waals surface area contributed by atoms with E-state index in [-0.39, 0.29) is 28.9 Å². The fourth-order valence-corrected chi connectivity index (χ4v) is 5.91. The first-order valence-electron chi connectivity index (χ1n) is 14.5. The Hall–Kier alpha value is -5.15. The lowest BCUT2D eigenvalue weighted by Gasteiger charge is -2.31. The summed E-state index contributed by atoms with van der Waals surface area (Å²) in [6.45, 7) is 1.59. The van der Waals surface area contributed by atoms with Crippen molar-refractivity contribution < 1.29 is 37.1 Å². The number of alkyl halides is 3. The Labute approximate surface area is 270 Å². The van der Waals surface area contributed by atoms with Crippen LogP contribution in [0.1, 0.15) is 43.6 Å². The number of imide groups is 1. The molecule has 0 spiro atoms. The lowest BCUT2D eigenvalue weighted by atomic mass is 10.1. The highest BCUT2D eigenvalue weighted by molar-refractivity contribution is 7.03. The van der Waals surface area contributed by atoms with Gasteiger partial charge in [-0.15, -0.1) is 5.10 Å². The van der Waals surface area contributed by atoms with E-state index >= 15 is 0 Å². The molecular formula is C32H27F3N6O5S. The molecule has 6 rings (SSSR count). The van der Waals surface area contributed by atoms with Crippen LogP contribution in [0, 0.1) is 0 Å². The molecule has 2 aliphatic rings. The van der Waals surface area contributed by atoms with Crippen LogP contribution in [-0.4, -0.2) is 75.9 Å². The van der Waals surface area contributed by atoms with Crippen molar-refractivity contribution in [3.05, 3.63) is 106 Å². The first-order chi connectivity index (χ1) is 22.6. The van der Waals surface area contributed by atoms with E-state index < -0.39 is 48.0 Å². The van der Waals surface area contributed by atoms with Gasteiger partial charge >= 0.3 is 6.18 Å². The number of fused-ring (bicyclic) bond motifs is 1. The van der Waals surface area contributed by atoms with Gasteiger partial charge in [-0.3, -0.25) is 24.1 Å². The maximum absolute atomic E-state index is 14.0. The highest BCUT2D eigenvalue weighted by Gasteiger charge is 2.40. The van der Waals surface area contributed by atoms with Crippen molar-refractivity contribution >= 4 is 46.5 Å². The molecule has 0 saturated carbocycles. The maximum atomic E-state index is 14.0. The minimum Gasteiger partial charge on any atom is -0.378 e. The number of aromatic nitrogens is 2. The van der Waals surface area contributed by atoms with Crippen LogP contribution in [0.5, 0.6) is 0 Å². The molecule has 3 heterocycles. The second-order valence-electron chi connectivity index (χ2n) is 10.8. The molecule has 1 atom stereocenters. The number of halogens is 3. The van der Waals surface area contributed by atoms with Crippen LogP contribution in [0.2, 0.25) is 0 Å². The van der Waals surface area contributed by atoms with Gasteiger partial charge in [-0.1, -0.05) is 28.8 Å². The zero-order valence-corrected chi connectivity index (χ0v) is 25.5. The first kappa shape index (κ1) is 31.8. The molecule has 0 aliphatic carbocycles. The lowest BCUT2D eigenvalue weighted by molar-refractivity contribution is -0.140. The van der Waals surface area contributed by atoms with Gasteiger partial charge in [-0.2, -0.15) is 13.2 Å². The van der Waals surface area contributed by atoms with E-state index in [1.807, 2.05) is 12.1 Å². The molecule has 4 aromatic rings. The van der Waals surface area contributed by atoms with Crippen LogP contribution in [0.4, 0.5) is 24.5 Å². The van der Waals surface area contributed by atoms with Crippen LogP contribution in [0.25, 0.3) is 0 Å². The van der Waals surface area contributed by atoms with E-state index in [0.717, 1.165) is 52.2 Å². The Kier molecular flexibility index (Phi) is 9.00. The minimum absolute atomic E-state index is 0.0973. The number of nitrogens with one attached hydrogen (secondary N) is 1. The number of ether oxygens (including phenoxy) is 1. The number of hydrogen-bond donors (Lipinski definition) is 1. The molecular weight excluding hydrogens is 637 g/mol. The molecule has 4 amide bonds. The van der Waals surface area contributed by atoms with Crippen LogP contribution in [0.3, 0.4) is 0 Å². The fourth-order valence-electron chi connectivity index (χ4n) is 5.44. The maximum Gasteiger partial charge on any atom is 0.416 e. The molecule has 0 radical (unpaired) electrons. The summed E-state index contributed by atoms with van der Waals surface area (Å²) in [5.41, 5.74) is 1.11. The number of morpholine rings is 1. The molecule has 1 fully saturated rings. The van der Waals surface area contributed by atoms with Gasteiger partial charge < -0.3 is 19.9 Å². The SMILES string of the molecule is O=C(Nc1ccc(N2CCOCC2)cc1)[C@H](c1csnn1)N(Cc1ccc(C(F)(F)F)cc1)C(=O)CN1C(=O)c2ccccc2C1=O. The predicted molar refractivity (Wildman–Crippen MR) is 165 cm³/mol. The van der Waals surface area contributed by atoms with Gasteiger partial charge in [0.15, 0.2) is 6.04 Å². The van der Waals surface area contributed by atoms with Gasteiger partial charge in [-0.05, 0) is 65.6 Å². The summed E-state index contributed by atoms with van der Waals surface area (Å²) in [7, 11) is 0. The quantitative estimate of drug-likeness (QED) is 0.261. The van der Waals surface area contributed by atoms with E-state index in [1.54, 1.807) is 24.3 Å². The Morgan fingerprint density at radius 2 is 1.57 bits per heavy atom. The summed E-state index contributed by atoms with van der Waals surface area (Å²) in [5, 5.41) is 8.31. The molecule has 242 valence electrons. The van der Waals surface area contributed by atoms with E-state index in [9.17, 15) is 32.3 Å². The average molecular weight is 665 g/mol. The first-order valence-corrected chi connectivity index (χ1v) is 15.3. The molecule has 0 bridgehead atoms. The molecule has 47 heavy (non-hydrogen) atoms. The Balaban J connectivity index is 1.30. The summed E-state index contributed by atoms with van der Waals surface area (Å²) in [6.07, 6.45) is -4.58. The van der Waals surface area contributed by atoms with Gasteiger partial charge in [0.2, 0.25) is 5.91 Å². The largest absolute Gasteiger partial charge is 0.416 e. The highest BCUT2D eigenvalue weighted by Crippen LogP contribution is 2.31. The summed E-state index contributed by atoms with van der Waals surface area (Å²) in [5.74, 6) is -2.84. The minimum atomic E-state index is -4.58. The third-order valence-corrected chi connectivity index (χ3v) is 8.38. The van der Waals surface area contributed by atoms with Crippen LogP contribution < -0.4 is 10.2 Å². The molecule has 1 N–H and O–H groups in total. The normalized spacial score (nSPS) is 15.4. The molecule has 11 nitrogen and oxygen atoms in total. The number of nitrogens with zero attached hydrogens (tertiary/aromatic N) is 5. The van der Waals surface area contributed by atoms with Crippen molar-refractivity contribution in [2.75, 3.05) is 43.1 Å². The zero-order valence-electron chi connectivity index (χ0n) is 24.6. The number of carbonyl (C=O) groups is 4. The van der Waals surface area contributed by atoms with Crippen molar-refractivity contribution in [2.24, 2.45) is 0 Å². The zero-order chi connectivity index (χ0) is 33.1. The number of anilines is 2. The molecule has 1 saturated heterocycles. The van der Waals surface area contributed by atoms with E-state index in [4.69, 9.17) is 4.74 Å². The van der Waals surface area contributed by atoms with Crippen LogP contribution >= 0.6 is 11.5 Å². The van der Waals surface area contributed by atoms with Gasteiger partial charge in [0.1, 0.15) is 12.2 Å². The number of carbonyl (C=O) groups excluding carboxylic acids is 4. The standard InChI is InChI=1S/C32H27F3N6O5S/c33-32(34,35)21-7-5-20(6-8-21)17-40(27(42)18-41-30(44)24-3-1-2-4-25(24)31(41)45)28(26-19-47-38-37-26)29(43)36-22-9-11-23(12-10-22)39-13-15-46-16-14-39/h1-12,19,28H,13-18H2,(H,36,43)/t28-/m0/s1. The van der Waals surface area contributed by atoms with Gasteiger partial charge in [-0.25, -0.2) is 0 Å². The van der Waals surface area contributed by atoms with Crippen LogP contribution in [-0.2, 0) is 27.0 Å². The number of rotatable bonds is 9. The average Bonchev–Trinajstić information content (AvgIpc) is 3.68.